The molecule has 3 aromatic rings. The molecule has 0 radical (unpaired) electrons. The predicted molar refractivity (Wildman–Crippen MR) is 115 cm³/mol. The smallest absolute Gasteiger partial charge is 0.273 e. The lowest BCUT2D eigenvalue weighted by Gasteiger charge is -2.35. The Kier molecular flexibility index (Phi) is 5.83. The number of ether oxygens (including phenoxy) is 1. The van der Waals surface area contributed by atoms with Crippen LogP contribution in [0.25, 0.3) is 10.4 Å². The SMILES string of the molecule is Cc1cc(-c2sc(N3C[C@@H](C)O[C@@H](C)C3)nc2CNC(=O)c2cocn2)cc(C)n1. The van der Waals surface area contributed by atoms with Crippen molar-refractivity contribution in [1.82, 2.24) is 20.3 Å². The number of hydrogen-bond donors (Lipinski definition) is 1. The van der Waals surface area contributed by atoms with E-state index in [4.69, 9.17) is 14.1 Å². The summed E-state index contributed by atoms with van der Waals surface area (Å²) < 4.78 is 10.8. The zero-order chi connectivity index (χ0) is 21.3. The number of nitrogens with one attached hydrogen (secondary N) is 1. The van der Waals surface area contributed by atoms with E-state index < -0.39 is 0 Å². The van der Waals surface area contributed by atoms with Crippen LogP contribution in [-0.2, 0) is 11.3 Å². The summed E-state index contributed by atoms with van der Waals surface area (Å²) in [4.78, 5) is 28.9. The van der Waals surface area contributed by atoms with E-state index in [2.05, 4.69) is 46.2 Å². The molecule has 0 spiro atoms. The van der Waals surface area contributed by atoms with Gasteiger partial charge in [-0.15, -0.1) is 0 Å². The van der Waals surface area contributed by atoms with Crippen LogP contribution >= 0.6 is 11.3 Å². The van der Waals surface area contributed by atoms with Gasteiger partial charge in [-0.05, 0) is 45.4 Å². The largest absolute Gasteiger partial charge is 0.451 e. The first-order chi connectivity index (χ1) is 14.4. The highest BCUT2D eigenvalue weighted by Crippen LogP contribution is 2.36. The first-order valence-electron chi connectivity index (χ1n) is 9.91. The Bertz CT molecular complexity index is 1000. The number of thiazole rings is 1. The second-order valence-corrected chi connectivity index (χ2v) is 8.61. The van der Waals surface area contributed by atoms with Gasteiger partial charge in [-0.1, -0.05) is 11.3 Å². The summed E-state index contributed by atoms with van der Waals surface area (Å²) in [6.07, 6.45) is 2.85. The van der Waals surface area contributed by atoms with Gasteiger partial charge in [0.25, 0.3) is 5.91 Å². The Labute approximate surface area is 179 Å². The highest BCUT2D eigenvalue weighted by molar-refractivity contribution is 7.19. The molecular formula is C21H25N5O3S. The summed E-state index contributed by atoms with van der Waals surface area (Å²) in [5, 5.41) is 3.83. The zero-order valence-electron chi connectivity index (χ0n) is 17.5. The minimum atomic E-state index is -0.292. The number of hydrogen-bond acceptors (Lipinski definition) is 8. The Hall–Kier alpha value is -2.78. The van der Waals surface area contributed by atoms with Crippen LogP contribution in [0.3, 0.4) is 0 Å². The number of carbonyl (C=O) groups excluding carboxylic acids is 1. The van der Waals surface area contributed by atoms with Gasteiger partial charge >= 0.3 is 0 Å². The number of pyridine rings is 1. The predicted octanol–water partition coefficient (Wildman–Crippen LogP) is 3.35. The van der Waals surface area contributed by atoms with E-state index >= 15 is 0 Å². The molecule has 1 N–H and O–H groups in total. The summed E-state index contributed by atoms with van der Waals surface area (Å²) in [6, 6.07) is 4.11. The number of carbonyl (C=O) groups is 1. The van der Waals surface area contributed by atoms with Crippen LogP contribution in [0, 0.1) is 13.8 Å². The molecule has 1 saturated heterocycles. The van der Waals surface area contributed by atoms with Crippen LogP contribution in [0.5, 0.6) is 0 Å². The number of anilines is 1. The molecule has 9 heteroatoms. The van der Waals surface area contributed by atoms with Crippen molar-refractivity contribution in [1.29, 1.82) is 0 Å². The van der Waals surface area contributed by atoms with Crippen molar-refractivity contribution in [3.8, 4) is 10.4 Å². The fraction of sp³-hybridized carbons (Fsp3) is 0.429. The van der Waals surface area contributed by atoms with E-state index in [0.29, 0.717) is 6.54 Å². The first kappa shape index (κ1) is 20.5. The van der Waals surface area contributed by atoms with Crippen LogP contribution in [0.15, 0.2) is 29.2 Å². The van der Waals surface area contributed by atoms with E-state index in [1.807, 2.05) is 13.8 Å². The lowest BCUT2D eigenvalue weighted by atomic mass is 10.1. The molecule has 0 aromatic carbocycles. The molecule has 4 heterocycles. The van der Waals surface area contributed by atoms with Gasteiger partial charge in [0.05, 0.1) is 29.3 Å². The van der Waals surface area contributed by atoms with Crippen LogP contribution < -0.4 is 10.2 Å². The average molecular weight is 428 g/mol. The third-order valence-corrected chi connectivity index (χ3v) is 6.01. The second-order valence-electron chi connectivity index (χ2n) is 7.63. The third-order valence-electron chi connectivity index (χ3n) is 4.80. The molecular weight excluding hydrogens is 402 g/mol. The lowest BCUT2D eigenvalue weighted by Crippen LogP contribution is -2.45. The number of morpholine rings is 1. The maximum Gasteiger partial charge on any atom is 0.273 e. The third kappa shape index (κ3) is 4.52. The number of aryl methyl sites for hydroxylation is 2. The standard InChI is InChI=1S/C21H25N5O3S/c1-12-5-16(6-13(2)24-12)19-17(7-22-20(27)18-10-28-11-23-18)25-21(30-19)26-8-14(3)29-15(4)9-26/h5-6,10-11,14-15H,7-9H2,1-4H3,(H,22,27)/t14-,15+. The quantitative estimate of drug-likeness (QED) is 0.667. The molecule has 1 aliphatic rings. The second kappa shape index (κ2) is 8.53. The number of nitrogens with zero attached hydrogens (tertiary/aromatic N) is 4. The van der Waals surface area contributed by atoms with Gasteiger partial charge in [0.1, 0.15) is 6.26 Å². The highest BCUT2D eigenvalue weighted by Gasteiger charge is 2.26. The lowest BCUT2D eigenvalue weighted by molar-refractivity contribution is -0.00523. The van der Waals surface area contributed by atoms with Crippen molar-refractivity contribution in [3.05, 3.63) is 47.6 Å². The molecule has 2 atom stereocenters. The summed E-state index contributed by atoms with van der Waals surface area (Å²) in [7, 11) is 0. The molecule has 0 unspecified atom stereocenters. The monoisotopic (exact) mass is 427 g/mol. The van der Waals surface area contributed by atoms with Crippen molar-refractivity contribution in [2.45, 2.75) is 46.4 Å². The van der Waals surface area contributed by atoms with Crippen LogP contribution in [0.1, 0.15) is 41.4 Å². The Morgan fingerprint density at radius 1 is 1.20 bits per heavy atom. The molecule has 0 saturated carbocycles. The summed E-state index contributed by atoms with van der Waals surface area (Å²) in [5.74, 6) is -0.292. The normalized spacial score (nSPS) is 19.1. The molecule has 1 aliphatic heterocycles. The fourth-order valence-corrected chi connectivity index (χ4v) is 4.79. The molecule has 8 nitrogen and oxygen atoms in total. The fourth-order valence-electron chi connectivity index (χ4n) is 3.70. The van der Waals surface area contributed by atoms with Crippen molar-refractivity contribution in [3.63, 3.8) is 0 Å². The number of amides is 1. The Morgan fingerprint density at radius 3 is 2.53 bits per heavy atom. The van der Waals surface area contributed by atoms with E-state index in [9.17, 15) is 4.79 Å². The number of rotatable bonds is 5. The molecule has 158 valence electrons. The molecule has 4 rings (SSSR count). The number of oxazole rings is 1. The van der Waals surface area contributed by atoms with Gasteiger partial charge in [-0.2, -0.15) is 0 Å². The van der Waals surface area contributed by atoms with Gasteiger partial charge in [0.15, 0.2) is 17.2 Å². The topological polar surface area (TPSA) is 93.4 Å². The molecule has 1 fully saturated rings. The summed E-state index contributed by atoms with van der Waals surface area (Å²) in [6.45, 7) is 9.99. The van der Waals surface area contributed by atoms with Crippen molar-refractivity contribution >= 4 is 22.4 Å². The van der Waals surface area contributed by atoms with Crippen LogP contribution in [0.4, 0.5) is 5.13 Å². The van der Waals surface area contributed by atoms with Crippen molar-refractivity contribution in [2.24, 2.45) is 0 Å². The number of aromatic nitrogens is 3. The minimum absolute atomic E-state index is 0.141. The van der Waals surface area contributed by atoms with Gasteiger partial charge < -0.3 is 19.4 Å². The molecule has 30 heavy (non-hydrogen) atoms. The van der Waals surface area contributed by atoms with Gasteiger partial charge in [-0.25, -0.2) is 9.97 Å². The first-order valence-corrected chi connectivity index (χ1v) is 10.7. The van der Waals surface area contributed by atoms with E-state index in [0.717, 1.165) is 45.7 Å². The van der Waals surface area contributed by atoms with E-state index in [-0.39, 0.29) is 23.8 Å². The molecule has 1 amide bonds. The molecule has 0 aliphatic carbocycles. The Morgan fingerprint density at radius 2 is 1.90 bits per heavy atom. The maximum atomic E-state index is 12.3. The maximum absolute atomic E-state index is 12.3. The van der Waals surface area contributed by atoms with Crippen molar-refractivity contribution < 1.29 is 13.9 Å². The van der Waals surface area contributed by atoms with Crippen LogP contribution in [0.2, 0.25) is 0 Å². The summed E-state index contributed by atoms with van der Waals surface area (Å²) >= 11 is 1.64. The highest BCUT2D eigenvalue weighted by atomic mass is 32.1. The minimum Gasteiger partial charge on any atom is -0.451 e. The average Bonchev–Trinajstić information content (AvgIpc) is 3.35. The van der Waals surface area contributed by atoms with Crippen molar-refractivity contribution in [2.75, 3.05) is 18.0 Å². The van der Waals surface area contributed by atoms with E-state index in [1.165, 1.54) is 12.7 Å². The van der Waals surface area contributed by atoms with E-state index in [1.54, 1.807) is 11.3 Å². The Balaban J connectivity index is 1.65. The van der Waals surface area contributed by atoms with Gasteiger partial charge in [-0.3, -0.25) is 9.78 Å². The van der Waals surface area contributed by atoms with Gasteiger partial charge in [0, 0.05) is 24.5 Å². The molecule has 3 aromatic heterocycles. The van der Waals surface area contributed by atoms with Gasteiger partial charge in [0.2, 0.25) is 0 Å². The zero-order valence-corrected chi connectivity index (χ0v) is 18.3. The molecule has 0 bridgehead atoms. The summed E-state index contributed by atoms with van der Waals surface area (Å²) in [5.41, 5.74) is 4.03. The van der Waals surface area contributed by atoms with Crippen LogP contribution in [-0.4, -0.2) is 46.2 Å².